The number of carbonyl (C=O) groups is 1. The maximum Gasteiger partial charge on any atom is 0.321 e. The van der Waals surface area contributed by atoms with E-state index in [0.717, 1.165) is 12.8 Å². The molecule has 0 saturated heterocycles. The third-order valence-electron chi connectivity index (χ3n) is 2.30. The van der Waals surface area contributed by atoms with Crippen LogP contribution in [0, 0.1) is 0 Å². The summed E-state index contributed by atoms with van der Waals surface area (Å²) in [5.74, 6) is -0.812. The van der Waals surface area contributed by atoms with Gasteiger partial charge in [-0.1, -0.05) is 58.3 Å². The van der Waals surface area contributed by atoms with E-state index in [4.69, 9.17) is 5.11 Å². The SMILES string of the molecule is CCCCCCCCC(NS)C(=O)O. The summed E-state index contributed by atoms with van der Waals surface area (Å²) in [6, 6.07) is -0.496. The molecule has 1 unspecified atom stereocenters. The van der Waals surface area contributed by atoms with Crippen molar-refractivity contribution in [2.24, 2.45) is 0 Å². The minimum atomic E-state index is -0.812. The number of aliphatic carboxylic acids is 1. The minimum absolute atomic E-state index is 0.496. The third-order valence-corrected chi connectivity index (χ3v) is 2.61. The Labute approximate surface area is 91.8 Å². The molecule has 0 aromatic heterocycles. The van der Waals surface area contributed by atoms with E-state index in [1.165, 1.54) is 25.7 Å². The molecule has 0 spiro atoms. The topological polar surface area (TPSA) is 49.3 Å². The molecule has 0 aliphatic carbocycles. The predicted octanol–water partition coefficient (Wildman–Crippen LogP) is 2.62. The molecule has 0 aliphatic heterocycles. The van der Waals surface area contributed by atoms with Crippen LogP contribution in [0.4, 0.5) is 0 Å². The van der Waals surface area contributed by atoms with Gasteiger partial charge in [0.05, 0.1) is 0 Å². The van der Waals surface area contributed by atoms with E-state index in [-0.39, 0.29) is 0 Å². The van der Waals surface area contributed by atoms with Crippen LogP contribution in [-0.2, 0) is 4.79 Å². The van der Waals surface area contributed by atoms with Gasteiger partial charge in [0.1, 0.15) is 6.04 Å². The van der Waals surface area contributed by atoms with Crippen LogP contribution in [0.25, 0.3) is 0 Å². The Kier molecular flexibility index (Phi) is 9.19. The monoisotopic (exact) mass is 219 g/mol. The fourth-order valence-electron chi connectivity index (χ4n) is 1.37. The lowest BCUT2D eigenvalue weighted by atomic mass is 10.1. The number of carboxylic acid groups (broad SMARTS) is 1. The second kappa shape index (κ2) is 9.34. The third kappa shape index (κ3) is 7.21. The van der Waals surface area contributed by atoms with Crippen LogP contribution in [-0.4, -0.2) is 17.1 Å². The molecule has 4 heteroatoms. The second-order valence-corrected chi connectivity index (χ2v) is 3.83. The zero-order valence-corrected chi connectivity index (χ0v) is 9.72. The molecule has 0 radical (unpaired) electrons. The minimum Gasteiger partial charge on any atom is -0.480 e. The molecule has 0 aromatic rings. The molecule has 14 heavy (non-hydrogen) atoms. The molecule has 3 nitrogen and oxygen atoms in total. The van der Waals surface area contributed by atoms with Gasteiger partial charge in [-0.25, -0.2) is 0 Å². The lowest BCUT2D eigenvalue weighted by molar-refractivity contribution is -0.139. The molecular weight excluding hydrogens is 198 g/mol. The number of carboxylic acids is 1. The highest BCUT2D eigenvalue weighted by molar-refractivity contribution is 7.78. The van der Waals surface area contributed by atoms with Crippen LogP contribution in [0.3, 0.4) is 0 Å². The Morgan fingerprint density at radius 3 is 2.36 bits per heavy atom. The molecule has 0 aromatic carbocycles. The van der Waals surface area contributed by atoms with Crippen molar-refractivity contribution in [3.8, 4) is 0 Å². The highest BCUT2D eigenvalue weighted by Crippen LogP contribution is 2.08. The maximum absolute atomic E-state index is 10.6. The van der Waals surface area contributed by atoms with Crippen LogP contribution >= 0.6 is 12.8 Å². The number of thiol groups is 1. The van der Waals surface area contributed by atoms with Gasteiger partial charge in [-0.3, -0.25) is 9.52 Å². The Balaban J connectivity index is 3.29. The molecular formula is C10H21NO2S. The van der Waals surface area contributed by atoms with Gasteiger partial charge in [0.15, 0.2) is 0 Å². The first-order chi connectivity index (χ1) is 6.72. The average Bonchev–Trinajstić information content (AvgIpc) is 2.16. The normalized spacial score (nSPS) is 12.7. The van der Waals surface area contributed by atoms with Crippen molar-refractivity contribution in [2.45, 2.75) is 57.9 Å². The van der Waals surface area contributed by atoms with Crippen molar-refractivity contribution in [1.29, 1.82) is 0 Å². The van der Waals surface area contributed by atoms with E-state index < -0.39 is 12.0 Å². The van der Waals surface area contributed by atoms with Crippen LogP contribution in [0.15, 0.2) is 0 Å². The van der Waals surface area contributed by atoms with Crippen LogP contribution < -0.4 is 4.72 Å². The summed E-state index contributed by atoms with van der Waals surface area (Å²) in [6.45, 7) is 2.19. The van der Waals surface area contributed by atoms with Crippen LogP contribution in [0.5, 0.6) is 0 Å². The summed E-state index contributed by atoms with van der Waals surface area (Å²) < 4.78 is 2.50. The zero-order chi connectivity index (χ0) is 10.8. The van der Waals surface area contributed by atoms with Crippen molar-refractivity contribution in [1.82, 2.24) is 4.72 Å². The summed E-state index contributed by atoms with van der Waals surface area (Å²) in [4.78, 5) is 10.6. The Morgan fingerprint density at radius 2 is 1.86 bits per heavy atom. The van der Waals surface area contributed by atoms with Gasteiger partial charge in [-0.15, -0.1) is 0 Å². The lowest BCUT2D eigenvalue weighted by Crippen LogP contribution is -2.30. The number of rotatable bonds is 9. The van der Waals surface area contributed by atoms with Crippen molar-refractivity contribution in [2.75, 3.05) is 0 Å². The molecule has 0 saturated carbocycles. The smallest absolute Gasteiger partial charge is 0.321 e. The fraction of sp³-hybridized carbons (Fsp3) is 0.900. The zero-order valence-electron chi connectivity index (χ0n) is 8.83. The van der Waals surface area contributed by atoms with E-state index in [2.05, 4.69) is 24.5 Å². The number of hydrogen-bond donors (Lipinski definition) is 3. The Morgan fingerprint density at radius 1 is 1.29 bits per heavy atom. The molecule has 0 amide bonds. The largest absolute Gasteiger partial charge is 0.480 e. The van der Waals surface area contributed by atoms with Gasteiger partial charge < -0.3 is 5.11 Å². The average molecular weight is 219 g/mol. The molecule has 0 bridgehead atoms. The Bertz CT molecular complexity index is 153. The quantitative estimate of drug-likeness (QED) is 0.413. The van der Waals surface area contributed by atoms with E-state index in [1.54, 1.807) is 0 Å². The molecule has 0 fully saturated rings. The van der Waals surface area contributed by atoms with E-state index >= 15 is 0 Å². The van der Waals surface area contributed by atoms with Crippen LogP contribution in [0.1, 0.15) is 51.9 Å². The number of nitrogens with one attached hydrogen (secondary N) is 1. The molecule has 84 valence electrons. The van der Waals surface area contributed by atoms with E-state index in [0.29, 0.717) is 6.42 Å². The molecule has 2 N–H and O–H groups in total. The van der Waals surface area contributed by atoms with Gasteiger partial charge in [-0.2, -0.15) is 0 Å². The van der Waals surface area contributed by atoms with Crippen molar-refractivity contribution in [3.63, 3.8) is 0 Å². The van der Waals surface area contributed by atoms with Gasteiger partial charge in [0, 0.05) is 0 Å². The highest BCUT2D eigenvalue weighted by atomic mass is 32.1. The first kappa shape index (κ1) is 13.8. The highest BCUT2D eigenvalue weighted by Gasteiger charge is 2.13. The van der Waals surface area contributed by atoms with Gasteiger partial charge in [-0.05, 0) is 6.42 Å². The Hall–Kier alpha value is -0.220. The van der Waals surface area contributed by atoms with Gasteiger partial charge in [0.25, 0.3) is 0 Å². The van der Waals surface area contributed by atoms with Crippen molar-refractivity contribution in [3.05, 3.63) is 0 Å². The first-order valence-corrected chi connectivity index (χ1v) is 5.79. The van der Waals surface area contributed by atoms with Crippen LogP contribution in [0.2, 0.25) is 0 Å². The molecule has 0 rings (SSSR count). The number of unbranched alkanes of at least 4 members (excludes halogenated alkanes) is 5. The van der Waals surface area contributed by atoms with E-state index in [9.17, 15) is 4.79 Å². The molecule has 0 heterocycles. The van der Waals surface area contributed by atoms with Crippen molar-refractivity contribution >= 4 is 18.8 Å². The molecule has 0 aliphatic rings. The fourth-order valence-corrected chi connectivity index (χ4v) is 1.61. The summed E-state index contributed by atoms with van der Waals surface area (Å²) >= 11 is 3.78. The summed E-state index contributed by atoms with van der Waals surface area (Å²) in [5.41, 5.74) is 0. The van der Waals surface area contributed by atoms with Gasteiger partial charge >= 0.3 is 5.97 Å². The standard InChI is InChI=1S/C10H21NO2S/c1-2-3-4-5-6-7-8-9(11-14)10(12)13/h9,11,14H,2-8H2,1H3,(H,12,13). The summed E-state index contributed by atoms with van der Waals surface area (Å²) in [5, 5.41) is 8.70. The lowest BCUT2D eigenvalue weighted by Gasteiger charge is -2.09. The maximum atomic E-state index is 10.6. The summed E-state index contributed by atoms with van der Waals surface area (Å²) in [7, 11) is 0. The number of hydrogen-bond acceptors (Lipinski definition) is 3. The summed E-state index contributed by atoms with van der Waals surface area (Å²) in [6.07, 6.45) is 7.77. The second-order valence-electron chi connectivity index (χ2n) is 3.58. The molecule has 1 atom stereocenters. The predicted molar refractivity (Wildman–Crippen MR) is 61.5 cm³/mol. The van der Waals surface area contributed by atoms with Crippen molar-refractivity contribution < 1.29 is 9.90 Å². The van der Waals surface area contributed by atoms with E-state index in [1.807, 2.05) is 0 Å². The van der Waals surface area contributed by atoms with Gasteiger partial charge in [0.2, 0.25) is 0 Å². The first-order valence-electron chi connectivity index (χ1n) is 5.34.